The topological polar surface area (TPSA) is 127 Å². The summed E-state index contributed by atoms with van der Waals surface area (Å²) in [6.45, 7) is 0. The molecular weight excluding hydrogens is 296 g/mol. The first kappa shape index (κ1) is 13.3. The second kappa shape index (κ2) is 4.13. The number of nitrogen functional groups attached to an aromatic ring is 2. The average molecular weight is 305 g/mol. The molecule has 0 unspecified atom stereocenters. The fraction of sp³-hybridized carbons (Fsp3) is 0. The highest BCUT2D eigenvalue weighted by molar-refractivity contribution is 6.38. The minimum Gasteiger partial charge on any atom is -0.507 e. The van der Waals surface area contributed by atoms with E-state index in [0.29, 0.717) is 0 Å². The number of hydrogen-bond acceptors (Lipinski definition) is 6. The van der Waals surface area contributed by atoms with Crippen molar-refractivity contribution in [1.29, 1.82) is 0 Å². The zero-order valence-corrected chi connectivity index (χ0v) is 11.2. The van der Waals surface area contributed by atoms with E-state index in [4.69, 9.17) is 23.1 Å². The van der Waals surface area contributed by atoms with Gasteiger partial charge in [0.25, 0.3) is 0 Å². The average Bonchev–Trinajstić information content (AvgIpc) is 2.42. The third kappa shape index (κ3) is 1.59. The van der Waals surface area contributed by atoms with E-state index in [1.54, 1.807) is 0 Å². The SMILES string of the molecule is Nc1ccc(O)c2c1C(=O)c1c(N)c(Cl)cc(O)c1C2=O. The number of ketones is 2. The summed E-state index contributed by atoms with van der Waals surface area (Å²) < 4.78 is 0. The molecule has 2 aromatic rings. The van der Waals surface area contributed by atoms with Gasteiger partial charge in [0.15, 0.2) is 5.78 Å². The van der Waals surface area contributed by atoms with Gasteiger partial charge in [-0.15, -0.1) is 0 Å². The highest BCUT2D eigenvalue weighted by atomic mass is 35.5. The molecule has 6 N–H and O–H groups in total. The van der Waals surface area contributed by atoms with Gasteiger partial charge in [0, 0.05) is 11.8 Å². The lowest BCUT2D eigenvalue weighted by Gasteiger charge is -2.22. The number of nitrogens with two attached hydrogens (primary N) is 2. The van der Waals surface area contributed by atoms with Crippen molar-refractivity contribution in [2.45, 2.75) is 0 Å². The van der Waals surface area contributed by atoms with Crippen molar-refractivity contribution in [2.75, 3.05) is 11.5 Å². The number of carbonyl (C=O) groups is 2. The third-order valence-corrected chi connectivity index (χ3v) is 3.73. The summed E-state index contributed by atoms with van der Waals surface area (Å²) in [5, 5.41) is 19.7. The smallest absolute Gasteiger partial charge is 0.202 e. The van der Waals surface area contributed by atoms with E-state index in [2.05, 4.69) is 0 Å². The molecule has 0 saturated heterocycles. The molecule has 0 aromatic heterocycles. The van der Waals surface area contributed by atoms with E-state index in [1.807, 2.05) is 0 Å². The number of fused-ring (bicyclic) bond motifs is 2. The minimum absolute atomic E-state index is 0.0330. The zero-order chi connectivity index (χ0) is 15.5. The van der Waals surface area contributed by atoms with E-state index in [9.17, 15) is 19.8 Å². The van der Waals surface area contributed by atoms with E-state index in [0.717, 1.165) is 6.07 Å². The van der Waals surface area contributed by atoms with Crippen LogP contribution in [-0.2, 0) is 0 Å². The first-order valence-electron chi connectivity index (χ1n) is 5.86. The summed E-state index contributed by atoms with van der Waals surface area (Å²) in [7, 11) is 0. The van der Waals surface area contributed by atoms with Crippen molar-refractivity contribution < 1.29 is 19.8 Å². The van der Waals surface area contributed by atoms with Crippen LogP contribution < -0.4 is 11.5 Å². The van der Waals surface area contributed by atoms with Crippen LogP contribution >= 0.6 is 11.6 Å². The molecule has 0 aliphatic heterocycles. The molecule has 0 fully saturated rings. The number of benzene rings is 2. The van der Waals surface area contributed by atoms with Gasteiger partial charge >= 0.3 is 0 Å². The van der Waals surface area contributed by atoms with Gasteiger partial charge in [-0.25, -0.2) is 0 Å². The van der Waals surface area contributed by atoms with Gasteiger partial charge in [-0.1, -0.05) is 11.6 Å². The molecule has 21 heavy (non-hydrogen) atoms. The van der Waals surface area contributed by atoms with Crippen LogP contribution in [-0.4, -0.2) is 21.8 Å². The van der Waals surface area contributed by atoms with Crippen molar-refractivity contribution in [3.8, 4) is 11.5 Å². The predicted molar refractivity (Wildman–Crippen MR) is 76.9 cm³/mol. The Bertz CT molecular complexity index is 846. The van der Waals surface area contributed by atoms with Crippen molar-refractivity contribution in [3.63, 3.8) is 0 Å². The summed E-state index contributed by atoms with van der Waals surface area (Å²) >= 11 is 5.83. The molecular formula is C14H9ClN2O4. The maximum atomic E-state index is 12.6. The third-order valence-electron chi connectivity index (χ3n) is 3.42. The summed E-state index contributed by atoms with van der Waals surface area (Å²) in [6, 6.07) is 3.60. The molecule has 2 aromatic carbocycles. The molecule has 0 radical (unpaired) electrons. The fourth-order valence-corrected chi connectivity index (χ4v) is 2.65. The quantitative estimate of drug-likeness (QED) is 0.370. The molecule has 7 heteroatoms. The Morgan fingerprint density at radius 2 is 1.43 bits per heavy atom. The number of halogens is 1. The van der Waals surface area contributed by atoms with Gasteiger partial charge in [-0.05, 0) is 12.1 Å². The fourth-order valence-electron chi connectivity index (χ4n) is 2.45. The van der Waals surface area contributed by atoms with Gasteiger partial charge in [-0.3, -0.25) is 9.59 Å². The molecule has 106 valence electrons. The molecule has 6 nitrogen and oxygen atoms in total. The normalized spacial score (nSPS) is 13.0. The number of rotatable bonds is 0. The number of anilines is 2. The summed E-state index contributed by atoms with van der Waals surface area (Å²) in [4.78, 5) is 25.0. The Balaban J connectivity index is 2.47. The summed E-state index contributed by atoms with van der Waals surface area (Å²) in [6.07, 6.45) is 0. The Labute approximate surface area is 123 Å². The van der Waals surface area contributed by atoms with Crippen molar-refractivity contribution in [1.82, 2.24) is 0 Å². The van der Waals surface area contributed by atoms with E-state index in [1.165, 1.54) is 12.1 Å². The molecule has 1 aliphatic rings. The van der Waals surface area contributed by atoms with Gasteiger partial charge in [-0.2, -0.15) is 0 Å². The lowest BCUT2D eigenvalue weighted by molar-refractivity contribution is 0.0975. The van der Waals surface area contributed by atoms with E-state index < -0.39 is 23.1 Å². The van der Waals surface area contributed by atoms with Crippen LogP contribution in [0.25, 0.3) is 0 Å². The Hall–Kier alpha value is -2.73. The molecule has 1 aliphatic carbocycles. The lowest BCUT2D eigenvalue weighted by Crippen LogP contribution is -2.24. The van der Waals surface area contributed by atoms with Crippen LogP contribution in [0.4, 0.5) is 11.4 Å². The summed E-state index contributed by atoms with van der Waals surface area (Å²) in [5.74, 6) is -2.26. The van der Waals surface area contributed by atoms with Gasteiger partial charge < -0.3 is 21.7 Å². The number of carbonyl (C=O) groups excluding carboxylic acids is 2. The Morgan fingerprint density at radius 3 is 2.10 bits per heavy atom. The maximum absolute atomic E-state index is 12.6. The number of aromatic hydroxyl groups is 2. The first-order valence-corrected chi connectivity index (χ1v) is 6.24. The van der Waals surface area contributed by atoms with Gasteiger partial charge in [0.1, 0.15) is 11.5 Å². The molecule has 0 amide bonds. The zero-order valence-electron chi connectivity index (χ0n) is 10.5. The predicted octanol–water partition coefficient (Wildman–Crippen LogP) is 1.69. The van der Waals surface area contributed by atoms with Crippen LogP contribution in [0.5, 0.6) is 11.5 Å². The number of hydrogen-bond donors (Lipinski definition) is 4. The van der Waals surface area contributed by atoms with Crippen LogP contribution in [0.15, 0.2) is 18.2 Å². The minimum atomic E-state index is -0.731. The molecule has 3 rings (SSSR count). The second-order valence-corrected chi connectivity index (χ2v) is 5.03. The standard InChI is InChI=1S/C14H9ClN2O4/c15-4-3-7(19)10-11(12(4)17)13(20)8-5(16)1-2-6(18)9(8)14(10)21/h1-3,18-19H,16-17H2. The molecule has 0 bridgehead atoms. The lowest BCUT2D eigenvalue weighted by atomic mass is 9.81. The molecule has 0 atom stereocenters. The highest BCUT2D eigenvalue weighted by Gasteiger charge is 2.37. The van der Waals surface area contributed by atoms with Crippen molar-refractivity contribution in [2.24, 2.45) is 0 Å². The number of phenolic OH excluding ortho intramolecular Hbond substituents is 2. The Morgan fingerprint density at radius 1 is 0.857 bits per heavy atom. The van der Waals surface area contributed by atoms with Crippen molar-refractivity contribution in [3.05, 3.63) is 45.5 Å². The van der Waals surface area contributed by atoms with Gasteiger partial charge in [0.2, 0.25) is 5.78 Å². The second-order valence-electron chi connectivity index (χ2n) is 4.62. The molecule has 0 heterocycles. The van der Waals surface area contributed by atoms with Crippen LogP contribution in [0.1, 0.15) is 31.8 Å². The van der Waals surface area contributed by atoms with E-state index >= 15 is 0 Å². The van der Waals surface area contributed by atoms with E-state index in [-0.39, 0.29) is 38.7 Å². The van der Waals surface area contributed by atoms with Crippen LogP contribution in [0.3, 0.4) is 0 Å². The summed E-state index contributed by atoms with van der Waals surface area (Å²) in [5.41, 5.74) is 10.5. The number of phenols is 2. The van der Waals surface area contributed by atoms with Gasteiger partial charge in [0.05, 0.1) is 33.0 Å². The Kier molecular flexibility index (Phi) is 2.61. The largest absolute Gasteiger partial charge is 0.507 e. The molecule has 0 saturated carbocycles. The maximum Gasteiger partial charge on any atom is 0.202 e. The monoisotopic (exact) mass is 304 g/mol. The highest BCUT2D eigenvalue weighted by Crippen LogP contribution is 2.43. The first-order chi connectivity index (χ1) is 9.84. The van der Waals surface area contributed by atoms with Crippen molar-refractivity contribution >= 4 is 34.5 Å². The van der Waals surface area contributed by atoms with Crippen LogP contribution in [0, 0.1) is 0 Å². The molecule has 0 spiro atoms. The van der Waals surface area contributed by atoms with Crippen LogP contribution in [0.2, 0.25) is 5.02 Å².